The van der Waals surface area contributed by atoms with Crippen LogP contribution in [0.1, 0.15) is 20.3 Å². The van der Waals surface area contributed by atoms with Crippen LogP contribution in [0.2, 0.25) is 0 Å². The van der Waals surface area contributed by atoms with E-state index in [-0.39, 0.29) is 17.9 Å². The van der Waals surface area contributed by atoms with E-state index in [2.05, 4.69) is 31.0 Å². The van der Waals surface area contributed by atoms with Gasteiger partial charge in [0.1, 0.15) is 6.04 Å². The maximum Gasteiger partial charge on any atom is 0.407 e. The molecule has 120 valence electrons. The number of alkyl carbamates (subject to hydrolysis) is 1. The lowest BCUT2D eigenvalue weighted by Crippen LogP contribution is -2.53. The summed E-state index contributed by atoms with van der Waals surface area (Å²) in [4.78, 5) is 30.4. The zero-order chi connectivity index (χ0) is 16.3. The van der Waals surface area contributed by atoms with Crippen molar-refractivity contribution in [3.05, 3.63) is 22.8 Å². The van der Waals surface area contributed by atoms with E-state index in [0.717, 1.165) is 10.2 Å². The number of nitrogens with zero attached hydrogens (tertiary/aromatic N) is 2. The predicted octanol–water partition coefficient (Wildman–Crippen LogP) is 2.21. The summed E-state index contributed by atoms with van der Waals surface area (Å²) in [5, 5.41) is 2.62. The normalized spacial score (nSPS) is 21.7. The van der Waals surface area contributed by atoms with E-state index >= 15 is 0 Å². The number of hydrogen-bond donors (Lipinski definition) is 1. The summed E-state index contributed by atoms with van der Waals surface area (Å²) in [6.07, 6.45) is 5.80. The Balaban J connectivity index is 2.11. The molecule has 0 radical (unpaired) electrons. The molecule has 0 aromatic carbocycles. The van der Waals surface area contributed by atoms with E-state index in [1.165, 1.54) is 7.11 Å². The van der Waals surface area contributed by atoms with E-state index in [1.54, 1.807) is 11.1 Å². The van der Waals surface area contributed by atoms with Crippen LogP contribution in [0.4, 0.5) is 4.79 Å². The molecule has 0 fully saturated rings. The molecular formula is C15H20BrN3O3. The zero-order valence-electron chi connectivity index (χ0n) is 12.9. The fraction of sp³-hybridized carbons (Fsp3) is 0.533. The van der Waals surface area contributed by atoms with Gasteiger partial charge in [0.25, 0.3) is 0 Å². The fourth-order valence-corrected chi connectivity index (χ4v) is 2.90. The van der Waals surface area contributed by atoms with Crippen molar-refractivity contribution in [2.45, 2.75) is 32.4 Å². The Kier molecular flexibility index (Phi) is 5.39. The van der Waals surface area contributed by atoms with Gasteiger partial charge in [-0.2, -0.15) is 0 Å². The number of methoxy groups -OCH3 is 1. The zero-order valence-corrected chi connectivity index (χ0v) is 14.5. The van der Waals surface area contributed by atoms with Gasteiger partial charge in [0.05, 0.1) is 13.2 Å². The molecule has 0 aliphatic carbocycles. The van der Waals surface area contributed by atoms with Crippen LogP contribution in [0.15, 0.2) is 27.8 Å². The number of amides is 2. The van der Waals surface area contributed by atoms with Gasteiger partial charge in [0.15, 0.2) is 0 Å². The highest BCUT2D eigenvalue weighted by Gasteiger charge is 2.35. The van der Waals surface area contributed by atoms with Gasteiger partial charge >= 0.3 is 6.09 Å². The third-order valence-electron chi connectivity index (χ3n) is 3.69. The van der Waals surface area contributed by atoms with Crippen molar-refractivity contribution >= 4 is 33.6 Å². The van der Waals surface area contributed by atoms with Crippen molar-refractivity contribution in [2.75, 3.05) is 13.7 Å². The Bertz CT molecular complexity index is 554. The molecule has 2 aliphatic heterocycles. The molecule has 1 N–H and O–H groups in total. The average Bonchev–Trinajstić information content (AvgIpc) is 3.11. The van der Waals surface area contributed by atoms with Gasteiger partial charge in [-0.05, 0) is 5.92 Å². The highest BCUT2D eigenvalue weighted by Crippen LogP contribution is 2.25. The number of hydrogen-bond acceptors (Lipinski definition) is 4. The Labute approximate surface area is 138 Å². The number of aliphatic imine (C=N–C) groups is 1. The second-order valence-electron chi connectivity index (χ2n) is 5.59. The van der Waals surface area contributed by atoms with E-state index < -0.39 is 12.1 Å². The SMILES string of the molecule is COC(=O)N[C@H](C(=O)N1CC=CC1C1=NC=C(Br)C1)C(C)C. The highest BCUT2D eigenvalue weighted by molar-refractivity contribution is 9.11. The maximum atomic E-state index is 12.8. The summed E-state index contributed by atoms with van der Waals surface area (Å²) in [7, 11) is 1.29. The van der Waals surface area contributed by atoms with Crippen LogP contribution in [-0.2, 0) is 9.53 Å². The molecular weight excluding hydrogens is 350 g/mol. The monoisotopic (exact) mass is 369 g/mol. The van der Waals surface area contributed by atoms with Gasteiger partial charge < -0.3 is 15.0 Å². The molecule has 2 amide bonds. The third-order valence-corrected chi connectivity index (χ3v) is 4.18. The summed E-state index contributed by atoms with van der Waals surface area (Å²) in [5.41, 5.74) is 0.926. The molecule has 7 heteroatoms. The number of rotatable bonds is 4. The van der Waals surface area contributed by atoms with Crippen molar-refractivity contribution < 1.29 is 14.3 Å². The first-order valence-electron chi connectivity index (χ1n) is 7.16. The molecule has 1 unspecified atom stereocenters. The number of carbonyl (C=O) groups is 2. The number of carbonyl (C=O) groups excluding carboxylic acids is 2. The molecule has 0 aromatic heterocycles. The maximum absolute atomic E-state index is 12.8. The van der Waals surface area contributed by atoms with Gasteiger partial charge in [0, 0.05) is 29.4 Å². The fourth-order valence-electron chi connectivity index (χ4n) is 2.52. The first-order chi connectivity index (χ1) is 10.4. The Morgan fingerprint density at radius 1 is 1.50 bits per heavy atom. The standard InChI is InChI=1S/C15H20BrN3O3/c1-9(2)13(18-15(21)22-3)14(20)19-6-4-5-12(19)11-7-10(16)8-17-11/h4-5,8-9,12-13H,6-7H2,1-3H3,(H,18,21)/t12?,13-/m0/s1. The average molecular weight is 370 g/mol. The van der Waals surface area contributed by atoms with Crippen LogP contribution >= 0.6 is 15.9 Å². The lowest BCUT2D eigenvalue weighted by atomic mass is 10.0. The lowest BCUT2D eigenvalue weighted by molar-refractivity contribution is -0.133. The molecule has 22 heavy (non-hydrogen) atoms. The molecule has 2 aliphatic rings. The largest absolute Gasteiger partial charge is 0.453 e. The van der Waals surface area contributed by atoms with Gasteiger partial charge in [-0.1, -0.05) is 41.9 Å². The van der Waals surface area contributed by atoms with Crippen LogP contribution in [-0.4, -0.2) is 48.4 Å². The minimum absolute atomic E-state index is 0.0387. The molecule has 0 aromatic rings. The predicted molar refractivity (Wildman–Crippen MR) is 87.9 cm³/mol. The van der Waals surface area contributed by atoms with E-state index in [4.69, 9.17) is 0 Å². The molecule has 2 heterocycles. The smallest absolute Gasteiger partial charge is 0.407 e. The van der Waals surface area contributed by atoms with E-state index in [0.29, 0.717) is 13.0 Å². The number of nitrogens with one attached hydrogen (secondary N) is 1. The second kappa shape index (κ2) is 7.09. The molecule has 0 saturated carbocycles. The van der Waals surface area contributed by atoms with Gasteiger partial charge in [-0.25, -0.2) is 4.79 Å². The summed E-state index contributed by atoms with van der Waals surface area (Å²) in [6, 6.07) is -0.771. The van der Waals surface area contributed by atoms with Crippen molar-refractivity contribution in [1.29, 1.82) is 0 Å². The third kappa shape index (κ3) is 3.58. The summed E-state index contributed by atoms with van der Waals surface area (Å²) in [6.45, 7) is 4.30. The van der Waals surface area contributed by atoms with Gasteiger partial charge in [0.2, 0.25) is 5.91 Å². The molecule has 0 bridgehead atoms. The van der Waals surface area contributed by atoms with Crippen molar-refractivity contribution in [3.8, 4) is 0 Å². The van der Waals surface area contributed by atoms with Crippen molar-refractivity contribution in [1.82, 2.24) is 10.2 Å². The topological polar surface area (TPSA) is 71.0 Å². The second-order valence-corrected chi connectivity index (χ2v) is 6.61. The Morgan fingerprint density at radius 2 is 2.23 bits per heavy atom. The minimum Gasteiger partial charge on any atom is -0.453 e. The first kappa shape index (κ1) is 16.7. The first-order valence-corrected chi connectivity index (χ1v) is 7.96. The van der Waals surface area contributed by atoms with Crippen LogP contribution in [0.5, 0.6) is 0 Å². The summed E-state index contributed by atoms with van der Waals surface area (Å²) in [5.74, 6) is -0.163. The highest BCUT2D eigenvalue weighted by atomic mass is 79.9. The van der Waals surface area contributed by atoms with Gasteiger partial charge in [-0.3, -0.25) is 9.79 Å². The summed E-state index contributed by atoms with van der Waals surface area (Å²) < 4.78 is 5.61. The van der Waals surface area contributed by atoms with Gasteiger partial charge in [-0.15, -0.1) is 0 Å². The molecule has 0 saturated heterocycles. The van der Waals surface area contributed by atoms with Crippen molar-refractivity contribution in [3.63, 3.8) is 0 Å². The van der Waals surface area contributed by atoms with Crippen LogP contribution < -0.4 is 5.32 Å². The van der Waals surface area contributed by atoms with E-state index in [1.807, 2.05) is 26.0 Å². The Morgan fingerprint density at radius 3 is 2.77 bits per heavy atom. The molecule has 6 nitrogen and oxygen atoms in total. The molecule has 0 spiro atoms. The number of allylic oxidation sites excluding steroid dienone is 1. The van der Waals surface area contributed by atoms with Crippen LogP contribution in [0.25, 0.3) is 0 Å². The molecule has 2 rings (SSSR count). The quantitative estimate of drug-likeness (QED) is 0.772. The van der Waals surface area contributed by atoms with Crippen LogP contribution in [0, 0.1) is 5.92 Å². The van der Waals surface area contributed by atoms with Crippen LogP contribution in [0.3, 0.4) is 0 Å². The number of ether oxygens (including phenoxy) is 1. The summed E-state index contributed by atoms with van der Waals surface area (Å²) >= 11 is 3.42. The number of halogens is 1. The lowest BCUT2D eigenvalue weighted by Gasteiger charge is -2.30. The minimum atomic E-state index is -0.617. The van der Waals surface area contributed by atoms with Crippen molar-refractivity contribution in [2.24, 2.45) is 10.9 Å². The van der Waals surface area contributed by atoms with E-state index in [9.17, 15) is 9.59 Å². The Hall–Kier alpha value is -1.63. The molecule has 2 atom stereocenters.